The van der Waals surface area contributed by atoms with Crippen molar-refractivity contribution in [2.45, 2.75) is 13.0 Å². The summed E-state index contributed by atoms with van der Waals surface area (Å²) in [6.07, 6.45) is 3.90. The normalized spacial score (nSPS) is 23.4. The Balaban J connectivity index is 2.22. The van der Waals surface area contributed by atoms with Gasteiger partial charge < -0.3 is 5.32 Å². The van der Waals surface area contributed by atoms with Crippen molar-refractivity contribution >= 4 is 0 Å². The molecule has 1 rings (SSSR count). The van der Waals surface area contributed by atoms with E-state index in [2.05, 4.69) is 30.4 Å². The Morgan fingerprint density at radius 1 is 1.92 bits per heavy atom. The zero-order valence-corrected chi connectivity index (χ0v) is 7.47. The van der Waals surface area contributed by atoms with E-state index in [1.54, 1.807) is 6.08 Å². The smallest absolute Gasteiger partial charge is 0.0861 e. The standard InChI is InChI=1S/C9H16N2O/c1-3-4-12-11-9-5-8(2)6-10-7-9/h3,5,9-11H,1,4,6-7H2,2H3. The van der Waals surface area contributed by atoms with Gasteiger partial charge in [0.15, 0.2) is 0 Å². The molecule has 12 heavy (non-hydrogen) atoms. The van der Waals surface area contributed by atoms with Crippen molar-refractivity contribution in [2.75, 3.05) is 19.7 Å². The van der Waals surface area contributed by atoms with Gasteiger partial charge in [-0.1, -0.05) is 17.7 Å². The molecule has 0 saturated heterocycles. The maximum absolute atomic E-state index is 5.12. The summed E-state index contributed by atoms with van der Waals surface area (Å²) in [5.41, 5.74) is 4.29. The third-order valence-corrected chi connectivity index (χ3v) is 1.69. The second-order valence-electron chi connectivity index (χ2n) is 2.97. The molecule has 3 nitrogen and oxygen atoms in total. The van der Waals surface area contributed by atoms with Gasteiger partial charge in [-0.05, 0) is 6.92 Å². The van der Waals surface area contributed by atoms with Crippen LogP contribution in [0.2, 0.25) is 0 Å². The van der Waals surface area contributed by atoms with Gasteiger partial charge in [-0.3, -0.25) is 4.84 Å². The second kappa shape index (κ2) is 5.09. The number of rotatable bonds is 4. The van der Waals surface area contributed by atoms with Gasteiger partial charge >= 0.3 is 0 Å². The lowest BCUT2D eigenvalue weighted by Crippen LogP contribution is -2.41. The Hall–Kier alpha value is -0.640. The molecule has 0 aromatic heterocycles. The molecule has 1 aliphatic heterocycles. The summed E-state index contributed by atoms with van der Waals surface area (Å²) in [5.74, 6) is 0. The van der Waals surface area contributed by atoms with Gasteiger partial charge in [-0.2, -0.15) is 5.48 Å². The number of hydrogen-bond acceptors (Lipinski definition) is 3. The lowest BCUT2D eigenvalue weighted by Gasteiger charge is -2.20. The summed E-state index contributed by atoms with van der Waals surface area (Å²) in [4.78, 5) is 5.12. The second-order valence-corrected chi connectivity index (χ2v) is 2.97. The minimum atomic E-state index is 0.290. The Morgan fingerprint density at radius 3 is 3.42 bits per heavy atom. The minimum absolute atomic E-state index is 0.290. The van der Waals surface area contributed by atoms with Crippen molar-refractivity contribution in [1.29, 1.82) is 0 Å². The van der Waals surface area contributed by atoms with Gasteiger partial charge in [-0.25, -0.2) is 0 Å². The van der Waals surface area contributed by atoms with E-state index in [-0.39, 0.29) is 0 Å². The minimum Gasteiger partial charge on any atom is -0.311 e. The predicted octanol–water partition coefficient (Wildman–Crippen LogP) is 0.612. The topological polar surface area (TPSA) is 33.3 Å². The molecule has 0 fully saturated rings. The van der Waals surface area contributed by atoms with Crippen LogP contribution in [0.3, 0.4) is 0 Å². The Kier molecular flexibility index (Phi) is 4.00. The molecule has 1 atom stereocenters. The van der Waals surface area contributed by atoms with E-state index < -0.39 is 0 Å². The van der Waals surface area contributed by atoms with Crippen LogP contribution in [-0.4, -0.2) is 25.7 Å². The first-order chi connectivity index (χ1) is 5.83. The van der Waals surface area contributed by atoms with Crippen LogP contribution in [-0.2, 0) is 4.84 Å². The average Bonchev–Trinajstić information content (AvgIpc) is 2.05. The Morgan fingerprint density at radius 2 is 2.75 bits per heavy atom. The molecule has 0 aromatic rings. The SMILES string of the molecule is C=CCONC1C=C(C)CNC1. The van der Waals surface area contributed by atoms with Crippen LogP contribution in [0.15, 0.2) is 24.3 Å². The molecule has 0 aromatic carbocycles. The quantitative estimate of drug-likeness (QED) is 0.366. The van der Waals surface area contributed by atoms with Crippen molar-refractivity contribution in [2.24, 2.45) is 0 Å². The summed E-state index contributed by atoms with van der Waals surface area (Å²) in [6.45, 7) is 8.12. The van der Waals surface area contributed by atoms with E-state index in [9.17, 15) is 0 Å². The first-order valence-corrected chi connectivity index (χ1v) is 4.19. The number of hydrogen-bond donors (Lipinski definition) is 2. The molecular formula is C9H16N2O. The first kappa shape index (κ1) is 9.45. The summed E-state index contributed by atoms with van der Waals surface area (Å²) in [6, 6.07) is 0.290. The molecule has 0 spiro atoms. The van der Waals surface area contributed by atoms with Crippen LogP contribution in [0.25, 0.3) is 0 Å². The van der Waals surface area contributed by atoms with Crippen LogP contribution in [0.1, 0.15) is 6.92 Å². The van der Waals surface area contributed by atoms with Gasteiger partial charge in [0.05, 0.1) is 12.6 Å². The fourth-order valence-electron chi connectivity index (χ4n) is 1.18. The van der Waals surface area contributed by atoms with Gasteiger partial charge in [0, 0.05) is 13.1 Å². The summed E-state index contributed by atoms with van der Waals surface area (Å²) in [5, 5.41) is 3.27. The highest BCUT2D eigenvalue weighted by Gasteiger charge is 2.09. The van der Waals surface area contributed by atoms with E-state index in [0.29, 0.717) is 12.6 Å². The maximum Gasteiger partial charge on any atom is 0.0861 e. The largest absolute Gasteiger partial charge is 0.311 e. The lowest BCUT2D eigenvalue weighted by molar-refractivity contribution is 0.0453. The van der Waals surface area contributed by atoms with Crippen LogP contribution < -0.4 is 10.8 Å². The maximum atomic E-state index is 5.12. The van der Waals surface area contributed by atoms with Gasteiger partial charge in [0.25, 0.3) is 0 Å². The fraction of sp³-hybridized carbons (Fsp3) is 0.556. The average molecular weight is 168 g/mol. The molecule has 0 bridgehead atoms. The molecule has 0 aliphatic carbocycles. The molecule has 0 amide bonds. The van der Waals surface area contributed by atoms with Crippen molar-refractivity contribution in [1.82, 2.24) is 10.8 Å². The molecular weight excluding hydrogens is 152 g/mol. The molecule has 1 aliphatic rings. The molecule has 1 heterocycles. The van der Waals surface area contributed by atoms with Crippen LogP contribution in [0.5, 0.6) is 0 Å². The highest BCUT2D eigenvalue weighted by molar-refractivity contribution is 5.09. The fourth-order valence-corrected chi connectivity index (χ4v) is 1.18. The van der Waals surface area contributed by atoms with Crippen LogP contribution in [0, 0.1) is 0 Å². The highest BCUT2D eigenvalue weighted by atomic mass is 16.6. The third-order valence-electron chi connectivity index (χ3n) is 1.69. The zero-order valence-electron chi connectivity index (χ0n) is 7.47. The van der Waals surface area contributed by atoms with E-state index in [0.717, 1.165) is 13.1 Å². The van der Waals surface area contributed by atoms with E-state index in [4.69, 9.17) is 4.84 Å². The Labute approximate surface area is 73.4 Å². The van der Waals surface area contributed by atoms with Crippen molar-refractivity contribution in [3.05, 3.63) is 24.3 Å². The highest BCUT2D eigenvalue weighted by Crippen LogP contribution is 1.99. The van der Waals surface area contributed by atoms with Crippen LogP contribution >= 0.6 is 0 Å². The lowest BCUT2D eigenvalue weighted by atomic mass is 10.1. The molecule has 68 valence electrons. The van der Waals surface area contributed by atoms with Crippen molar-refractivity contribution in [3.8, 4) is 0 Å². The van der Waals surface area contributed by atoms with Gasteiger partial charge in [0.1, 0.15) is 0 Å². The van der Waals surface area contributed by atoms with E-state index in [1.807, 2.05) is 0 Å². The van der Waals surface area contributed by atoms with E-state index in [1.165, 1.54) is 5.57 Å². The first-order valence-electron chi connectivity index (χ1n) is 4.19. The molecule has 0 radical (unpaired) electrons. The summed E-state index contributed by atoms with van der Waals surface area (Å²) in [7, 11) is 0. The molecule has 3 heteroatoms. The summed E-state index contributed by atoms with van der Waals surface area (Å²) < 4.78 is 0. The number of hydroxylamine groups is 1. The van der Waals surface area contributed by atoms with Crippen molar-refractivity contribution in [3.63, 3.8) is 0 Å². The Bertz CT molecular complexity index is 177. The van der Waals surface area contributed by atoms with Crippen molar-refractivity contribution < 1.29 is 4.84 Å². The van der Waals surface area contributed by atoms with Gasteiger partial charge in [0.2, 0.25) is 0 Å². The van der Waals surface area contributed by atoms with Gasteiger partial charge in [-0.15, -0.1) is 6.58 Å². The zero-order chi connectivity index (χ0) is 8.81. The van der Waals surface area contributed by atoms with E-state index >= 15 is 0 Å². The molecule has 2 N–H and O–H groups in total. The molecule has 1 unspecified atom stereocenters. The predicted molar refractivity (Wildman–Crippen MR) is 49.7 cm³/mol. The third kappa shape index (κ3) is 3.17. The number of nitrogens with one attached hydrogen (secondary N) is 2. The van der Waals surface area contributed by atoms with Crippen LogP contribution in [0.4, 0.5) is 0 Å². The monoisotopic (exact) mass is 168 g/mol. The summed E-state index contributed by atoms with van der Waals surface area (Å²) >= 11 is 0. The molecule has 0 saturated carbocycles.